The molecule has 2 N–H and O–H groups in total. The van der Waals surface area contributed by atoms with Gasteiger partial charge in [0.15, 0.2) is 0 Å². The van der Waals surface area contributed by atoms with E-state index in [0.29, 0.717) is 12.0 Å². The Bertz CT molecular complexity index is 987. The van der Waals surface area contributed by atoms with Crippen molar-refractivity contribution in [2.75, 3.05) is 19.4 Å². The molecule has 0 unspecified atom stereocenters. The van der Waals surface area contributed by atoms with Crippen LogP contribution in [0.1, 0.15) is 44.3 Å². The largest absolute Gasteiger partial charge is 0.484 e. The van der Waals surface area contributed by atoms with Crippen LogP contribution >= 0.6 is 0 Å². The van der Waals surface area contributed by atoms with E-state index in [9.17, 15) is 5.11 Å². The fraction of sp³-hybridized carbons (Fsp3) is 0.440. The van der Waals surface area contributed by atoms with Crippen molar-refractivity contribution in [3.8, 4) is 5.75 Å². The molecule has 2 atom stereocenters. The lowest BCUT2D eigenvalue weighted by Gasteiger charge is -2.30. The Morgan fingerprint density at radius 2 is 1.81 bits per heavy atom. The van der Waals surface area contributed by atoms with Gasteiger partial charge < -0.3 is 20.1 Å². The van der Waals surface area contributed by atoms with Gasteiger partial charge in [-0.25, -0.2) is 9.97 Å². The Morgan fingerprint density at radius 3 is 2.52 bits per heavy atom. The van der Waals surface area contributed by atoms with Crippen LogP contribution in [0.5, 0.6) is 5.75 Å². The molecule has 3 aromatic rings. The highest BCUT2D eigenvalue weighted by molar-refractivity contribution is 5.80. The molecule has 0 aliphatic heterocycles. The van der Waals surface area contributed by atoms with E-state index >= 15 is 0 Å². The SMILES string of the molecule is C[C@@H]([C@H](Oc1ccc2cnc(N[C@H]3CC[C@H](O)CC3)nc2c1)c1ccccc1)N(C)C. The number of aliphatic hydroxyl groups is 1. The van der Waals surface area contributed by atoms with Gasteiger partial charge in [-0.3, -0.25) is 0 Å². The summed E-state index contributed by atoms with van der Waals surface area (Å²) in [5.41, 5.74) is 2.00. The van der Waals surface area contributed by atoms with Crippen LogP contribution in [-0.4, -0.2) is 52.3 Å². The maximum atomic E-state index is 9.72. The second-order valence-corrected chi connectivity index (χ2v) is 8.72. The molecule has 1 aliphatic carbocycles. The van der Waals surface area contributed by atoms with Gasteiger partial charge in [-0.1, -0.05) is 30.3 Å². The number of anilines is 1. The second kappa shape index (κ2) is 9.62. The molecule has 0 radical (unpaired) electrons. The lowest BCUT2D eigenvalue weighted by molar-refractivity contribution is 0.107. The van der Waals surface area contributed by atoms with E-state index in [1.807, 2.05) is 42.6 Å². The predicted octanol–water partition coefficient (Wildman–Crippen LogP) is 4.42. The highest BCUT2D eigenvalue weighted by Crippen LogP contribution is 2.29. The molecule has 1 fully saturated rings. The van der Waals surface area contributed by atoms with E-state index in [0.717, 1.165) is 47.9 Å². The molecule has 1 aliphatic rings. The molecular weight excluding hydrogens is 388 g/mol. The number of hydrogen-bond acceptors (Lipinski definition) is 6. The van der Waals surface area contributed by atoms with Gasteiger partial charge in [-0.2, -0.15) is 0 Å². The Kier molecular flexibility index (Phi) is 6.68. The van der Waals surface area contributed by atoms with Gasteiger partial charge in [-0.15, -0.1) is 0 Å². The molecule has 31 heavy (non-hydrogen) atoms. The standard InChI is InChI=1S/C25H32N4O2/c1-17(29(2)3)24(18-7-5-4-6-8-18)31-22-14-9-19-16-26-25(28-23(19)15-22)27-20-10-12-21(30)13-11-20/h4-9,14-17,20-21,24,30H,10-13H2,1-3H3,(H,26,27,28)/t17-,20-,21-,24-/m0/s1. The molecular formula is C25H32N4O2. The molecule has 0 spiro atoms. The first-order valence-corrected chi connectivity index (χ1v) is 11.1. The minimum absolute atomic E-state index is 0.0956. The van der Waals surface area contributed by atoms with Gasteiger partial charge in [0, 0.05) is 29.7 Å². The van der Waals surface area contributed by atoms with Crippen molar-refractivity contribution in [2.45, 2.75) is 56.9 Å². The first-order chi connectivity index (χ1) is 15.0. The average Bonchev–Trinajstić information content (AvgIpc) is 2.79. The number of likely N-dealkylation sites (N-methyl/N-ethyl adjacent to an activating group) is 1. The number of ether oxygens (including phenoxy) is 1. The second-order valence-electron chi connectivity index (χ2n) is 8.72. The van der Waals surface area contributed by atoms with Gasteiger partial charge in [-0.05, 0) is 64.4 Å². The summed E-state index contributed by atoms with van der Waals surface area (Å²) in [6.45, 7) is 2.17. The average molecular weight is 421 g/mol. The summed E-state index contributed by atoms with van der Waals surface area (Å²) >= 11 is 0. The van der Waals surface area contributed by atoms with Crippen LogP contribution in [0.25, 0.3) is 10.9 Å². The van der Waals surface area contributed by atoms with Gasteiger partial charge in [0.05, 0.1) is 11.6 Å². The lowest BCUT2D eigenvalue weighted by Crippen LogP contribution is -2.34. The number of aromatic nitrogens is 2. The third-order valence-electron chi connectivity index (χ3n) is 6.23. The van der Waals surface area contributed by atoms with Crippen molar-refractivity contribution in [3.05, 3.63) is 60.3 Å². The fourth-order valence-electron chi connectivity index (χ4n) is 4.05. The van der Waals surface area contributed by atoms with Crippen LogP contribution in [0.3, 0.4) is 0 Å². The summed E-state index contributed by atoms with van der Waals surface area (Å²) in [6.07, 6.45) is 5.12. The van der Waals surface area contributed by atoms with Crippen LogP contribution in [0, 0.1) is 0 Å². The number of aliphatic hydroxyl groups excluding tert-OH is 1. The molecule has 1 saturated carbocycles. The van der Waals surface area contributed by atoms with E-state index in [4.69, 9.17) is 9.72 Å². The van der Waals surface area contributed by atoms with Gasteiger partial charge in [0.1, 0.15) is 11.9 Å². The fourth-order valence-corrected chi connectivity index (χ4v) is 4.05. The molecule has 0 saturated heterocycles. The maximum Gasteiger partial charge on any atom is 0.223 e. The molecule has 1 heterocycles. The maximum absolute atomic E-state index is 9.72. The Hall–Kier alpha value is -2.70. The third kappa shape index (κ3) is 5.32. The van der Waals surface area contributed by atoms with E-state index in [1.54, 1.807) is 0 Å². The smallest absolute Gasteiger partial charge is 0.223 e. The van der Waals surface area contributed by atoms with Gasteiger partial charge in [0.25, 0.3) is 0 Å². The topological polar surface area (TPSA) is 70.5 Å². The summed E-state index contributed by atoms with van der Waals surface area (Å²) in [5, 5.41) is 14.1. The zero-order valence-corrected chi connectivity index (χ0v) is 18.5. The van der Waals surface area contributed by atoms with Crippen molar-refractivity contribution in [3.63, 3.8) is 0 Å². The Balaban J connectivity index is 1.55. The number of fused-ring (bicyclic) bond motifs is 1. The number of benzene rings is 2. The highest BCUT2D eigenvalue weighted by atomic mass is 16.5. The van der Waals surface area contributed by atoms with E-state index < -0.39 is 0 Å². The minimum atomic E-state index is -0.169. The quantitative estimate of drug-likeness (QED) is 0.590. The molecule has 4 rings (SSSR count). The summed E-state index contributed by atoms with van der Waals surface area (Å²) in [5.74, 6) is 1.42. The monoisotopic (exact) mass is 420 g/mol. The summed E-state index contributed by atoms with van der Waals surface area (Å²) < 4.78 is 6.48. The molecule has 0 amide bonds. The molecule has 0 bridgehead atoms. The molecule has 1 aromatic heterocycles. The molecule has 2 aromatic carbocycles. The molecule has 164 valence electrons. The highest BCUT2D eigenvalue weighted by Gasteiger charge is 2.23. The summed E-state index contributed by atoms with van der Waals surface area (Å²) in [7, 11) is 4.14. The first-order valence-electron chi connectivity index (χ1n) is 11.1. The van der Waals surface area contributed by atoms with Crippen LogP contribution < -0.4 is 10.1 Å². The van der Waals surface area contributed by atoms with Gasteiger partial charge >= 0.3 is 0 Å². The van der Waals surface area contributed by atoms with Crippen molar-refractivity contribution >= 4 is 16.9 Å². The van der Waals surface area contributed by atoms with Crippen molar-refractivity contribution in [1.29, 1.82) is 0 Å². The summed E-state index contributed by atoms with van der Waals surface area (Å²) in [4.78, 5) is 11.4. The van der Waals surface area contributed by atoms with Crippen LogP contribution in [0.4, 0.5) is 5.95 Å². The minimum Gasteiger partial charge on any atom is -0.484 e. The van der Waals surface area contributed by atoms with Crippen molar-refractivity contribution in [1.82, 2.24) is 14.9 Å². The van der Waals surface area contributed by atoms with E-state index in [1.165, 1.54) is 0 Å². The number of nitrogens with zero attached hydrogens (tertiary/aromatic N) is 3. The molecule has 6 heteroatoms. The first kappa shape index (κ1) is 21.5. The van der Waals surface area contributed by atoms with Crippen LogP contribution in [0.2, 0.25) is 0 Å². The van der Waals surface area contributed by atoms with Gasteiger partial charge in [0.2, 0.25) is 5.95 Å². The van der Waals surface area contributed by atoms with Crippen LogP contribution in [-0.2, 0) is 0 Å². The number of nitrogens with one attached hydrogen (secondary N) is 1. The van der Waals surface area contributed by atoms with Crippen molar-refractivity contribution < 1.29 is 9.84 Å². The lowest BCUT2D eigenvalue weighted by atomic mass is 9.93. The predicted molar refractivity (Wildman–Crippen MR) is 124 cm³/mol. The number of rotatable bonds is 7. The Morgan fingerprint density at radius 1 is 1.06 bits per heavy atom. The normalized spacial score (nSPS) is 21.1. The van der Waals surface area contributed by atoms with Crippen molar-refractivity contribution in [2.24, 2.45) is 0 Å². The van der Waals surface area contributed by atoms with E-state index in [2.05, 4.69) is 48.4 Å². The summed E-state index contributed by atoms with van der Waals surface area (Å²) in [6, 6.07) is 16.8. The van der Waals surface area contributed by atoms with E-state index in [-0.39, 0.29) is 18.2 Å². The molecule has 6 nitrogen and oxygen atoms in total. The number of hydrogen-bond donors (Lipinski definition) is 2. The third-order valence-corrected chi connectivity index (χ3v) is 6.23. The zero-order chi connectivity index (χ0) is 21.8. The van der Waals surface area contributed by atoms with Crippen LogP contribution in [0.15, 0.2) is 54.7 Å². The Labute approximate surface area is 184 Å². The zero-order valence-electron chi connectivity index (χ0n) is 18.5.